The third kappa shape index (κ3) is 3.43. The summed E-state index contributed by atoms with van der Waals surface area (Å²) in [7, 11) is 0. The van der Waals surface area contributed by atoms with Crippen LogP contribution in [0.3, 0.4) is 0 Å². The summed E-state index contributed by atoms with van der Waals surface area (Å²) in [5.74, 6) is 0.350. The van der Waals surface area contributed by atoms with E-state index in [1.54, 1.807) is 11.3 Å². The lowest BCUT2D eigenvalue weighted by Gasteiger charge is -2.25. The molecule has 0 bridgehead atoms. The van der Waals surface area contributed by atoms with Gasteiger partial charge in [-0.3, -0.25) is 4.79 Å². The highest BCUT2D eigenvalue weighted by Crippen LogP contribution is 2.08. The fraction of sp³-hybridized carbons (Fsp3) is 0.600. The average Bonchev–Trinajstić information content (AvgIpc) is 2.48. The SMILES string of the molecule is Cc1nc(CCNC(=O)C2CNC2)cs1.Cl. The van der Waals surface area contributed by atoms with Crippen molar-refractivity contribution in [3.05, 3.63) is 16.1 Å². The monoisotopic (exact) mass is 261 g/mol. The molecule has 1 saturated heterocycles. The smallest absolute Gasteiger partial charge is 0.225 e. The first-order valence-electron chi connectivity index (χ1n) is 5.15. The lowest BCUT2D eigenvalue weighted by atomic mass is 10.0. The number of amides is 1. The van der Waals surface area contributed by atoms with Gasteiger partial charge in [-0.1, -0.05) is 0 Å². The predicted molar refractivity (Wildman–Crippen MR) is 67.2 cm³/mol. The molecule has 0 radical (unpaired) electrons. The van der Waals surface area contributed by atoms with Crippen LogP contribution in [0, 0.1) is 12.8 Å². The van der Waals surface area contributed by atoms with E-state index in [4.69, 9.17) is 0 Å². The quantitative estimate of drug-likeness (QED) is 0.841. The average molecular weight is 262 g/mol. The fourth-order valence-corrected chi connectivity index (χ4v) is 2.10. The summed E-state index contributed by atoms with van der Waals surface area (Å²) in [6.45, 7) is 4.33. The summed E-state index contributed by atoms with van der Waals surface area (Å²) in [6, 6.07) is 0. The van der Waals surface area contributed by atoms with Gasteiger partial charge < -0.3 is 10.6 Å². The number of halogens is 1. The predicted octanol–water partition coefficient (Wildman–Crippen LogP) is 0.751. The molecule has 90 valence electrons. The topological polar surface area (TPSA) is 54.0 Å². The summed E-state index contributed by atoms with van der Waals surface area (Å²) in [5, 5.41) is 9.14. The Morgan fingerprint density at radius 1 is 1.69 bits per heavy atom. The molecular formula is C10H16ClN3OS. The van der Waals surface area contributed by atoms with E-state index in [1.807, 2.05) is 12.3 Å². The van der Waals surface area contributed by atoms with E-state index in [9.17, 15) is 4.79 Å². The molecule has 4 nitrogen and oxygen atoms in total. The zero-order chi connectivity index (χ0) is 10.7. The Bertz CT molecular complexity index is 352. The number of aryl methyl sites for hydroxylation is 1. The van der Waals surface area contributed by atoms with Gasteiger partial charge in [0.25, 0.3) is 0 Å². The molecule has 6 heteroatoms. The number of carbonyl (C=O) groups is 1. The van der Waals surface area contributed by atoms with Crippen molar-refractivity contribution >= 4 is 29.7 Å². The Kier molecular flexibility index (Phi) is 5.18. The molecule has 2 N–H and O–H groups in total. The van der Waals surface area contributed by atoms with Crippen LogP contribution in [0.15, 0.2) is 5.38 Å². The summed E-state index contributed by atoms with van der Waals surface area (Å²) < 4.78 is 0. The Morgan fingerprint density at radius 3 is 2.94 bits per heavy atom. The van der Waals surface area contributed by atoms with Gasteiger partial charge in [-0.05, 0) is 6.92 Å². The number of hydrogen-bond donors (Lipinski definition) is 2. The summed E-state index contributed by atoms with van der Waals surface area (Å²) in [4.78, 5) is 15.8. The van der Waals surface area contributed by atoms with E-state index in [-0.39, 0.29) is 24.2 Å². The molecule has 0 aliphatic carbocycles. The van der Waals surface area contributed by atoms with Crippen LogP contribution in [0.2, 0.25) is 0 Å². The van der Waals surface area contributed by atoms with Crippen LogP contribution in [0.5, 0.6) is 0 Å². The van der Waals surface area contributed by atoms with Crippen molar-refractivity contribution in [1.82, 2.24) is 15.6 Å². The molecule has 1 aliphatic heterocycles. The minimum absolute atomic E-state index is 0. The normalized spacial score (nSPS) is 15.1. The van der Waals surface area contributed by atoms with Crippen LogP contribution in [0.1, 0.15) is 10.7 Å². The molecule has 1 aromatic heterocycles. The first-order valence-corrected chi connectivity index (χ1v) is 6.03. The van der Waals surface area contributed by atoms with E-state index in [0.29, 0.717) is 6.54 Å². The molecule has 0 saturated carbocycles. The molecule has 1 aliphatic rings. The molecule has 1 fully saturated rings. The third-order valence-electron chi connectivity index (χ3n) is 2.50. The van der Waals surface area contributed by atoms with E-state index < -0.39 is 0 Å². The van der Waals surface area contributed by atoms with Crippen molar-refractivity contribution in [2.75, 3.05) is 19.6 Å². The molecule has 2 rings (SSSR count). The third-order valence-corrected chi connectivity index (χ3v) is 3.32. The van der Waals surface area contributed by atoms with E-state index in [2.05, 4.69) is 15.6 Å². The van der Waals surface area contributed by atoms with Gasteiger partial charge in [0.1, 0.15) is 0 Å². The number of thiazole rings is 1. The second-order valence-electron chi connectivity index (χ2n) is 3.75. The maximum atomic E-state index is 11.5. The largest absolute Gasteiger partial charge is 0.355 e. The van der Waals surface area contributed by atoms with Crippen molar-refractivity contribution in [1.29, 1.82) is 0 Å². The summed E-state index contributed by atoms with van der Waals surface area (Å²) in [5.41, 5.74) is 1.07. The van der Waals surface area contributed by atoms with E-state index in [1.165, 1.54) is 0 Å². The van der Waals surface area contributed by atoms with Gasteiger partial charge in [0.05, 0.1) is 16.6 Å². The number of aromatic nitrogens is 1. The Morgan fingerprint density at radius 2 is 2.44 bits per heavy atom. The maximum Gasteiger partial charge on any atom is 0.225 e. The fourth-order valence-electron chi connectivity index (χ4n) is 1.46. The van der Waals surface area contributed by atoms with Crippen molar-refractivity contribution in [2.24, 2.45) is 5.92 Å². The first-order chi connectivity index (χ1) is 7.25. The van der Waals surface area contributed by atoms with Crippen LogP contribution in [-0.2, 0) is 11.2 Å². The number of hydrogen-bond acceptors (Lipinski definition) is 4. The van der Waals surface area contributed by atoms with Crippen molar-refractivity contribution in [2.45, 2.75) is 13.3 Å². The molecular weight excluding hydrogens is 246 g/mol. The number of nitrogens with zero attached hydrogens (tertiary/aromatic N) is 1. The zero-order valence-corrected chi connectivity index (χ0v) is 10.8. The van der Waals surface area contributed by atoms with Gasteiger partial charge in [-0.15, -0.1) is 23.7 Å². The second-order valence-corrected chi connectivity index (χ2v) is 4.82. The van der Waals surface area contributed by atoms with Gasteiger partial charge >= 0.3 is 0 Å². The molecule has 2 heterocycles. The lowest BCUT2D eigenvalue weighted by molar-refractivity contribution is -0.126. The summed E-state index contributed by atoms with van der Waals surface area (Å²) in [6.07, 6.45) is 0.830. The van der Waals surface area contributed by atoms with Gasteiger partial charge in [0.15, 0.2) is 0 Å². The van der Waals surface area contributed by atoms with Crippen LogP contribution >= 0.6 is 23.7 Å². The molecule has 0 aromatic carbocycles. The lowest BCUT2D eigenvalue weighted by Crippen LogP contribution is -2.51. The Balaban J connectivity index is 0.00000128. The highest BCUT2D eigenvalue weighted by Gasteiger charge is 2.24. The molecule has 16 heavy (non-hydrogen) atoms. The Hall–Kier alpha value is -0.650. The molecule has 0 atom stereocenters. The van der Waals surface area contributed by atoms with Crippen molar-refractivity contribution in [3.8, 4) is 0 Å². The minimum atomic E-state index is 0. The van der Waals surface area contributed by atoms with E-state index in [0.717, 1.165) is 30.2 Å². The Labute approximate surface area is 105 Å². The van der Waals surface area contributed by atoms with Crippen molar-refractivity contribution in [3.63, 3.8) is 0 Å². The molecule has 0 spiro atoms. The zero-order valence-electron chi connectivity index (χ0n) is 9.16. The molecule has 0 unspecified atom stereocenters. The minimum Gasteiger partial charge on any atom is -0.355 e. The number of carbonyl (C=O) groups excluding carboxylic acids is 1. The molecule has 1 aromatic rings. The van der Waals surface area contributed by atoms with Gasteiger partial charge in [-0.2, -0.15) is 0 Å². The highest BCUT2D eigenvalue weighted by atomic mass is 35.5. The van der Waals surface area contributed by atoms with Gasteiger partial charge in [-0.25, -0.2) is 4.98 Å². The van der Waals surface area contributed by atoms with Crippen LogP contribution in [0.4, 0.5) is 0 Å². The van der Waals surface area contributed by atoms with E-state index >= 15 is 0 Å². The number of nitrogens with one attached hydrogen (secondary N) is 2. The first kappa shape index (κ1) is 13.4. The number of rotatable bonds is 4. The van der Waals surface area contributed by atoms with Gasteiger partial charge in [0, 0.05) is 31.4 Å². The summed E-state index contributed by atoms with van der Waals surface area (Å²) >= 11 is 1.65. The standard InChI is InChI=1S/C10H15N3OS.ClH/c1-7-13-9(6-15-7)2-3-12-10(14)8-4-11-5-8;/h6,8,11H,2-5H2,1H3,(H,12,14);1H. The van der Waals surface area contributed by atoms with Crippen molar-refractivity contribution < 1.29 is 4.79 Å². The van der Waals surface area contributed by atoms with Gasteiger partial charge in [0.2, 0.25) is 5.91 Å². The second kappa shape index (κ2) is 6.18. The van der Waals surface area contributed by atoms with Crippen LogP contribution in [-0.4, -0.2) is 30.5 Å². The maximum absolute atomic E-state index is 11.5. The van der Waals surface area contributed by atoms with Crippen LogP contribution < -0.4 is 10.6 Å². The molecule has 1 amide bonds. The highest BCUT2D eigenvalue weighted by molar-refractivity contribution is 7.09. The van der Waals surface area contributed by atoms with Crippen LogP contribution in [0.25, 0.3) is 0 Å².